The topological polar surface area (TPSA) is 37.3 Å². The number of rotatable bonds is 3. The van der Waals surface area contributed by atoms with E-state index < -0.39 is 11.9 Å². The molecule has 1 N–H and O–H groups in total. The second-order valence-corrected chi connectivity index (χ2v) is 3.41. The van der Waals surface area contributed by atoms with Crippen molar-refractivity contribution in [1.82, 2.24) is 0 Å². The highest BCUT2D eigenvalue weighted by Gasteiger charge is 2.13. The number of hydrogen-bond acceptors (Lipinski definition) is 2. The monoisotopic (exact) mass is 216 g/mol. The number of carbonyl (C=O) groups excluding carboxylic acids is 1. The van der Waals surface area contributed by atoms with E-state index in [0.717, 1.165) is 0 Å². The van der Waals surface area contributed by atoms with Gasteiger partial charge in [-0.05, 0) is 18.6 Å². The number of carbonyl (C=O) groups is 1. The maximum Gasteiger partial charge on any atom is 0.165 e. The quantitative estimate of drug-likeness (QED) is 0.839. The molecule has 1 aromatic rings. The maximum atomic E-state index is 12.9. The molecule has 0 heterocycles. The molecule has 76 valence electrons. The molecule has 4 heteroatoms. The van der Waals surface area contributed by atoms with Crippen molar-refractivity contribution in [3.8, 4) is 0 Å². The minimum atomic E-state index is -1.05. The molecule has 1 unspecified atom stereocenters. The molecule has 0 aromatic heterocycles. The summed E-state index contributed by atoms with van der Waals surface area (Å²) in [5.74, 6) is -0.931. The van der Waals surface area contributed by atoms with E-state index >= 15 is 0 Å². The van der Waals surface area contributed by atoms with Crippen LogP contribution in [0.1, 0.15) is 12.5 Å². The number of benzene rings is 1. The minimum absolute atomic E-state index is 0.0474. The van der Waals surface area contributed by atoms with E-state index in [1.807, 2.05) is 0 Å². The predicted molar refractivity (Wildman–Crippen MR) is 51.8 cm³/mol. The molecule has 0 aliphatic rings. The highest BCUT2D eigenvalue weighted by Crippen LogP contribution is 2.20. The van der Waals surface area contributed by atoms with Gasteiger partial charge in [-0.1, -0.05) is 23.7 Å². The molecule has 0 amide bonds. The van der Waals surface area contributed by atoms with Gasteiger partial charge in [0.2, 0.25) is 0 Å². The largest absolute Gasteiger partial charge is 0.386 e. The molecular formula is C10H10ClFO2. The van der Waals surface area contributed by atoms with Gasteiger partial charge in [-0.2, -0.15) is 0 Å². The highest BCUT2D eigenvalue weighted by atomic mass is 35.5. The fourth-order valence-corrected chi connectivity index (χ4v) is 1.21. The van der Waals surface area contributed by atoms with Crippen molar-refractivity contribution in [3.63, 3.8) is 0 Å². The summed E-state index contributed by atoms with van der Waals surface area (Å²) in [6.45, 7) is 1.37. The lowest BCUT2D eigenvalue weighted by Crippen LogP contribution is -2.18. The highest BCUT2D eigenvalue weighted by molar-refractivity contribution is 6.31. The van der Waals surface area contributed by atoms with Crippen LogP contribution in [0.5, 0.6) is 0 Å². The first-order valence-electron chi connectivity index (χ1n) is 4.16. The van der Waals surface area contributed by atoms with Crippen LogP contribution < -0.4 is 0 Å². The Labute approximate surface area is 86.3 Å². The van der Waals surface area contributed by atoms with Gasteiger partial charge in [0.05, 0.1) is 5.02 Å². The van der Waals surface area contributed by atoms with Crippen molar-refractivity contribution in [2.45, 2.75) is 19.4 Å². The van der Waals surface area contributed by atoms with Crippen LogP contribution >= 0.6 is 11.6 Å². The number of aliphatic hydroxyl groups excluding tert-OH is 1. The molecule has 0 aliphatic carbocycles. The average molecular weight is 217 g/mol. The zero-order valence-corrected chi connectivity index (χ0v) is 8.38. The molecule has 0 fully saturated rings. The van der Waals surface area contributed by atoms with Gasteiger partial charge in [-0.3, -0.25) is 4.79 Å². The summed E-state index contributed by atoms with van der Waals surface area (Å²) in [4.78, 5) is 11.1. The molecule has 14 heavy (non-hydrogen) atoms. The van der Waals surface area contributed by atoms with Gasteiger partial charge in [0.25, 0.3) is 0 Å². The molecule has 1 aromatic carbocycles. The molecule has 0 spiro atoms. The van der Waals surface area contributed by atoms with Crippen LogP contribution in [-0.2, 0) is 11.2 Å². The first-order valence-corrected chi connectivity index (χ1v) is 4.54. The number of aliphatic hydroxyl groups is 1. The molecule has 0 bridgehead atoms. The third-order valence-corrected chi connectivity index (χ3v) is 2.29. The first-order chi connectivity index (χ1) is 6.52. The van der Waals surface area contributed by atoms with Crippen molar-refractivity contribution in [1.29, 1.82) is 0 Å². The summed E-state index contributed by atoms with van der Waals surface area (Å²) in [7, 11) is 0. The lowest BCUT2D eigenvalue weighted by atomic mass is 10.1. The Morgan fingerprint density at radius 2 is 2.29 bits per heavy atom. The Kier molecular flexibility index (Phi) is 3.61. The Morgan fingerprint density at radius 1 is 1.64 bits per heavy atom. The van der Waals surface area contributed by atoms with Crippen LogP contribution in [0.15, 0.2) is 18.2 Å². The molecule has 0 saturated heterocycles. The zero-order chi connectivity index (χ0) is 10.7. The average Bonchev–Trinajstić information content (AvgIpc) is 2.12. The Bertz CT molecular complexity index is 350. The van der Waals surface area contributed by atoms with Gasteiger partial charge in [-0.25, -0.2) is 4.39 Å². The summed E-state index contributed by atoms with van der Waals surface area (Å²) in [5.41, 5.74) is 0.401. The van der Waals surface area contributed by atoms with E-state index in [1.54, 1.807) is 6.07 Å². The lowest BCUT2D eigenvalue weighted by Gasteiger charge is -2.05. The fourth-order valence-electron chi connectivity index (χ4n) is 1.02. The lowest BCUT2D eigenvalue weighted by molar-refractivity contribution is -0.125. The van der Waals surface area contributed by atoms with E-state index in [-0.39, 0.29) is 17.2 Å². The summed E-state index contributed by atoms with van der Waals surface area (Å²) in [6, 6.07) is 4.26. The van der Waals surface area contributed by atoms with Crippen molar-refractivity contribution in [3.05, 3.63) is 34.6 Å². The second-order valence-electron chi connectivity index (χ2n) is 3.03. The first kappa shape index (κ1) is 11.1. The molecule has 0 aliphatic heterocycles. The Hall–Kier alpha value is -0.930. The number of halogens is 2. The van der Waals surface area contributed by atoms with E-state index in [4.69, 9.17) is 16.7 Å². The van der Waals surface area contributed by atoms with Crippen LogP contribution in [0.3, 0.4) is 0 Å². The summed E-state index contributed by atoms with van der Waals surface area (Å²) in [5, 5.41) is 8.90. The molecular weight excluding hydrogens is 207 g/mol. The van der Waals surface area contributed by atoms with Gasteiger partial charge in [0, 0.05) is 6.42 Å². The van der Waals surface area contributed by atoms with Crippen LogP contribution in [0.4, 0.5) is 4.39 Å². The molecule has 1 rings (SSSR count). The van der Waals surface area contributed by atoms with Gasteiger partial charge < -0.3 is 5.11 Å². The number of Topliss-reactive ketones (excluding diaryl/α,β-unsaturated/α-hetero) is 1. The maximum absolute atomic E-state index is 12.9. The van der Waals surface area contributed by atoms with Crippen molar-refractivity contribution >= 4 is 17.4 Å². The van der Waals surface area contributed by atoms with E-state index in [1.165, 1.54) is 19.1 Å². The number of hydrogen-bond donors (Lipinski definition) is 1. The fraction of sp³-hybridized carbons (Fsp3) is 0.300. The van der Waals surface area contributed by atoms with E-state index in [2.05, 4.69) is 0 Å². The molecule has 1 atom stereocenters. The summed E-state index contributed by atoms with van der Waals surface area (Å²) < 4.78 is 12.9. The van der Waals surface area contributed by atoms with Gasteiger partial charge in [0.1, 0.15) is 11.9 Å². The molecule has 2 nitrogen and oxygen atoms in total. The van der Waals surface area contributed by atoms with Gasteiger partial charge in [0.15, 0.2) is 5.78 Å². The normalized spacial score (nSPS) is 12.6. The van der Waals surface area contributed by atoms with Crippen molar-refractivity contribution in [2.75, 3.05) is 0 Å². The van der Waals surface area contributed by atoms with Gasteiger partial charge >= 0.3 is 0 Å². The zero-order valence-electron chi connectivity index (χ0n) is 7.63. The minimum Gasteiger partial charge on any atom is -0.386 e. The smallest absolute Gasteiger partial charge is 0.165 e. The predicted octanol–water partition coefficient (Wildman–Crippen LogP) is 1.97. The van der Waals surface area contributed by atoms with E-state index in [0.29, 0.717) is 5.56 Å². The van der Waals surface area contributed by atoms with E-state index in [9.17, 15) is 9.18 Å². The van der Waals surface area contributed by atoms with Crippen LogP contribution in [0, 0.1) is 5.82 Å². The Balaban J connectivity index is 2.87. The van der Waals surface area contributed by atoms with Crippen LogP contribution in [-0.4, -0.2) is 17.0 Å². The number of ketones is 1. The van der Waals surface area contributed by atoms with Crippen LogP contribution in [0.25, 0.3) is 0 Å². The third kappa shape index (κ3) is 2.53. The SMILES string of the molecule is CC(O)C(=O)Cc1cccc(F)c1Cl. The summed E-state index contributed by atoms with van der Waals surface area (Å²) >= 11 is 5.63. The molecule has 0 radical (unpaired) electrons. The standard InChI is InChI=1S/C10H10ClFO2/c1-6(13)9(14)5-7-3-2-4-8(12)10(7)11/h2-4,6,13H,5H2,1H3. The van der Waals surface area contributed by atoms with Crippen molar-refractivity contribution in [2.24, 2.45) is 0 Å². The van der Waals surface area contributed by atoms with Crippen molar-refractivity contribution < 1.29 is 14.3 Å². The third-order valence-electron chi connectivity index (χ3n) is 1.86. The summed E-state index contributed by atoms with van der Waals surface area (Å²) in [6.07, 6.45) is -1.09. The second kappa shape index (κ2) is 4.53. The van der Waals surface area contributed by atoms with Gasteiger partial charge in [-0.15, -0.1) is 0 Å². The Morgan fingerprint density at radius 3 is 2.86 bits per heavy atom. The molecule has 0 saturated carbocycles. The van der Waals surface area contributed by atoms with Crippen LogP contribution in [0.2, 0.25) is 5.02 Å².